The molecule has 0 bridgehead atoms. The number of hydrogen-bond donors (Lipinski definition) is 0. The first-order valence-corrected chi connectivity index (χ1v) is 7.64. The van der Waals surface area contributed by atoms with Gasteiger partial charge in [0.1, 0.15) is 11.5 Å². The lowest BCUT2D eigenvalue weighted by atomic mass is 10.2. The molecule has 3 rings (SSSR count). The van der Waals surface area contributed by atoms with E-state index in [4.69, 9.17) is 0 Å². The van der Waals surface area contributed by atoms with Crippen LogP contribution in [0, 0.1) is 10.1 Å². The van der Waals surface area contributed by atoms with E-state index in [1.807, 2.05) is 4.90 Å². The van der Waals surface area contributed by atoms with E-state index in [2.05, 4.69) is 30.8 Å². The Morgan fingerprint density at radius 2 is 1.86 bits per heavy atom. The summed E-state index contributed by atoms with van der Waals surface area (Å²) in [6.07, 6.45) is 5.04. The quantitative estimate of drug-likeness (QED) is 0.615. The van der Waals surface area contributed by atoms with E-state index in [0.717, 1.165) is 23.4 Å². The molecule has 0 amide bonds. The van der Waals surface area contributed by atoms with Crippen molar-refractivity contribution in [2.45, 2.75) is 0 Å². The highest BCUT2D eigenvalue weighted by atomic mass is 79.9. The first-order valence-electron chi connectivity index (χ1n) is 6.85. The first kappa shape index (κ1) is 14.7. The highest BCUT2D eigenvalue weighted by Crippen LogP contribution is 2.32. The largest absolute Gasteiger partial charge is 0.362 e. The predicted molar refractivity (Wildman–Crippen MR) is 87.3 cm³/mol. The van der Waals surface area contributed by atoms with Crippen LogP contribution in [0.3, 0.4) is 0 Å². The molecule has 2 heterocycles. The predicted octanol–water partition coefficient (Wildman–Crippen LogP) is 2.47. The van der Waals surface area contributed by atoms with Gasteiger partial charge in [0.15, 0.2) is 0 Å². The summed E-state index contributed by atoms with van der Waals surface area (Å²) < 4.78 is 0.837. The number of nitro groups is 1. The van der Waals surface area contributed by atoms with Gasteiger partial charge in [-0.3, -0.25) is 15.1 Å². The number of anilines is 2. The number of nitrogens with zero attached hydrogens (tertiary/aromatic N) is 5. The van der Waals surface area contributed by atoms with Gasteiger partial charge in [0.2, 0.25) is 0 Å². The minimum atomic E-state index is -0.336. The van der Waals surface area contributed by atoms with Gasteiger partial charge in [-0.05, 0) is 12.1 Å². The van der Waals surface area contributed by atoms with Crippen LogP contribution in [-0.4, -0.2) is 41.1 Å². The van der Waals surface area contributed by atoms with Crippen molar-refractivity contribution in [3.63, 3.8) is 0 Å². The van der Waals surface area contributed by atoms with Crippen LogP contribution >= 0.6 is 15.9 Å². The molecule has 1 aromatic carbocycles. The molecular weight excluding hydrogens is 350 g/mol. The van der Waals surface area contributed by atoms with Crippen molar-refractivity contribution in [1.82, 2.24) is 9.97 Å². The molecule has 0 unspecified atom stereocenters. The van der Waals surface area contributed by atoms with E-state index in [-0.39, 0.29) is 10.6 Å². The minimum Gasteiger partial charge on any atom is -0.362 e. The van der Waals surface area contributed by atoms with E-state index >= 15 is 0 Å². The third-order valence-corrected chi connectivity index (χ3v) is 4.12. The van der Waals surface area contributed by atoms with Crippen LogP contribution in [-0.2, 0) is 0 Å². The fraction of sp³-hybridized carbons (Fsp3) is 0.286. The first-order chi connectivity index (χ1) is 10.6. The molecular formula is C14H14BrN5O2. The Balaban J connectivity index is 1.77. The van der Waals surface area contributed by atoms with Crippen LogP contribution in [0.15, 0.2) is 41.3 Å². The Hall–Kier alpha value is -2.22. The molecule has 114 valence electrons. The molecule has 0 N–H and O–H groups in total. The van der Waals surface area contributed by atoms with Crippen LogP contribution < -0.4 is 9.80 Å². The van der Waals surface area contributed by atoms with Gasteiger partial charge in [-0.1, -0.05) is 15.9 Å². The summed E-state index contributed by atoms with van der Waals surface area (Å²) in [5.74, 6) is 0.839. The number of piperazine rings is 1. The van der Waals surface area contributed by atoms with Crippen molar-refractivity contribution in [3.8, 4) is 0 Å². The summed E-state index contributed by atoms with van der Waals surface area (Å²) in [6, 6.07) is 5.03. The second kappa shape index (κ2) is 6.27. The fourth-order valence-electron chi connectivity index (χ4n) is 2.54. The molecule has 0 radical (unpaired) electrons. The molecule has 1 saturated heterocycles. The lowest BCUT2D eigenvalue weighted by Gasteiger charge is -2.36. The molecule has 1 aliphatic rings. The third-order valence-electron chi connectivity index (χ3n) is 3.63. The molecule has 7 nitrogen and oxygen atoms in total. The van der Waals surface area contributed by atoms with Gasteiger partial charge in [-0.25, -0.2) is 4.98 Å². The number of aromatic nitrogens is 2. The van der Waals surface area contributed by atoms with E-state index in [1.54, 1.807) is 30.7 Å². The second-order valence-electron chi connectivity index (χ2n) is 4.93. The van der Waals surface area contributed by atoms with Gasteiger partial charge >= 0.3 is 0 Å². The van der Waals surface area contributed by atoms with Crippen LogP contribution in [0.1, 0.15) is 0 Å². The molecule has 2 aromatic rings. The van der Waals surface area contributed by atoms with Crippen LogP contribution in [0.4, 0.5) is 17.2 Å². The van der Waals surface area contributed by atoms with Gasteiger partial charge in [0, 0.05) is 49.1 Å². The Kier molecular flexibility index (Phi) is 4.19. The Morgan fingerprint density at radius 3 is 2.50 bits per heavy atom. The molecule has 0 aliphatic carbocycles. The number of hydrogen-bond acceptors (Lipinski definition) is 6. The SMILES string of the molecule is O=[N+]([O-])c1ccc(Br)cc1N1CCN(c2cnccn2)CC1. The average molecular weight is 364 g/mol. The fourth-order valence-corrected chi connectivity index (χ4v) is 2.88. The van der Waals surface area contributed by atoms with Crippen LogP contribution in [0.25, 0.3) is 0 Å². The van der Waals surface area contributed by atoms with Crippen molar-refractivity contribution in [2.24, 2.45) is 0 Å². The van der Waals surface area contributed by atoms with Crippen molar-refractivity contribution in [1.29, 1.82) is 0 Å². The number of halogens is 1. The number of benzene rings is 1. The third kappa shape index (κ3) is 3.01. The molecule has 1 fully saturated rings. The topological polar surface area (TPSA) is 75.4 Å². The average Bonchev–Trinajstić information content (AvgIpc) is 2.55. The van der Waals surface area contributed by atoms with E-state index in [0.29, 0.717) is 18.8 Å². The van der Waals surface area contributed by atoms with Crippen molar-refractivity contribution in [3.05, 3.63) is 51.4 Å². The summed E-state index contributed by atoms with van der Waals surface area (Å²) in [7, 11) is 0. The van der Waals surface area contributed by atoms with Gasteiger partial charge < -0.3 is 9.80 Å². The molecule has 0 spiro atoms. The minimum absolute atomic E-state index is 0.135. The van der Waals surface area contributed by atoms with Crippen molar-refractivity contribution in [2.75, 3.05) is 36.0 Å². The van der Waals surface area contributed by atoms with Crippen LogP contribution in [0.5, 0.6) is 0 Å². The molecule has 1 aliphatic heterocycles. The van der Waals surface area contributed by atoms with Gasteiger partial charge in [-0.2, -0.15) is 0 Å². The van der Waals surface area contributed by atoms with E-state index in [9.17, 15) is 10.1 Å². The summed E-state index contributed by atoms with van der Waals surface area (Å²) in [6.45, 7) is 2.91. The Bertz CT molecular complexity index is 674. The Labute approximate surface area is 135 Å². The summed E-state index contributed by atoms with van der Waals surface area (Å²) in [5, 5.41) is 11.2. The van der Waals surface area contributed by atoms with Crippen molar-refractivity contribution < 1.29 is 4.92 Å². The molecule has 22 heavy (non-hydrogen) atoms. The van der Waals surface area contributed by atoms with E-state index in [1.165, 1.54) is 6.07 Å². The molecule has 0 saturated carbocycles. The summed E-state index contributed by atoms with van der Waals surface area (Å²) >= 11 is 3.38. The van der Waals surface area contributed by atoms with Crippen molar-refractivity contribution >= 4 is 33.1 Å². The zero-order valence-corrected chi connectivity index (χ0v) is 13.3. The summed E-state index contributed by atoms with van der Waals surface area (Å²) in [4.78, 5) is 23.4. The lowest BCUT2D eigenvalue weighted by Crippen LogP contribution is -2.47. The zero-order valence-electron chi connectivity index (χ0n) is 11.7. The van der Waals surface area contributed by atoms with Gasteiger partial charge in [0.25, 0.3) is 5.69 Å². The highest BCUT2D eigenvalue weighted by Gasteiger charge is 2.24. The number of nitro benzene ring substituents is 1. The Morgan fingerprint density at radius 1 is 1.14 bits per heavy atom. The molecule has 0 atom stereocenters. The van der Waals surface area contributed by atoms with E-state index < -0.39 is 0 Å². The highest BCUT2D eigenvalue weighted by molar-refractivity contribution is 9.10. The maximum atomic E-state index is 11.2. The van der Waals surface area contributed by atoms with Gasteiger partial charge in [-0.15, -0.1) is 0 Å². The second-order valence-corrected chi connectivity index (χ2v) is 5.84. The lowest BCUT2D eigenvalue weighted by molar-refractivity contribution is -0.384. The number of rotatable bonds is 3. The maximum Gasteiger partial charge on any atom is 0.292 e. The monoisotopic (exact) mass is 363 g/mol. The molecule has 1 aromatic heterocycles. The zero-order chi connectivity index (χ0) is 15.5. The normalized spacial score (nSPS) is 15.0. The molecule has 8 heteroatoms. The van der Waals surface area contributed by atoms with Gasteiger partial charge in [0.05, 0.1) is 11.1 Å². The van der Waals surface area contributed by atoms with Crippen LogP contribution in [0.2, 0.25) is 0 Å². The smallest absolute Gasteiger partial charge is 0.292 e. The standard InChI is InChI=1S/C14H14BrN5O2/c15-11-1-2-12(20(21)22)13(9-11)18-5-7-19(8-6-18)14-10-16-3-4-17-14/h1-4,9-10H,5-8H2. The summed E-state index contributed by atoms with van der Waals surface area (Å²) in [5.41, 5.74) is 0.786. The maximum absolute atomic E-state index is 11.2.